The van der Waals surface area contributed by atoms with Crippen molar-refractivity contribution in [1.29, 1.82) is 0 Å². The van der Waals surface area contributed by atoms with Crippen LogP contribution in [0.2, 0.25) is 0 Å². The Balaban J connectivity index is 2.35. The number of hydrogen-bond acceptors (Lipinski definition) is 3. The van der Waals surface area contributed by atoms with Crippen molar-refractivity contribution in [3.05, 3.63) is 0 Å². The summed E-state index contributed by atoms with van der Waals surface area (Å²) in [5, 5.41) is 9.04. The summed E-state index contributed by atoms with van der Waals surface area (Å²) in [6.45, 7) is 2.94. The van der Waals surface area contributed by atoms with Gasteiger partial charge < -0.3 is 5.11 Å². The Morgan fingerprint density at radius 2 is 2.14 bits per heavy atom. The van der Waals surface area contributed by atoms with Crippen LogP contribution < -0.4 is 0 Å². The van der Waals surface area contributed by atoms with E-state index >= 15 is 0 Å². The molecule has 14 heavy (non-hydrogen) atoms. The van der Waals surface area contributed by atoms with Gasteiger partial charge in [-0.25, -0.2) is 12.7 Å². The van der Waals surface area contributed by atoms with Crippen molar-refractivity contribution in [2.24, 2.45) is 0 Å². The highest BCUT2D eigenvalue weighted by atomic mass is 32.2. The molecular weight excluding hydrogens is 202 g/mol. The van der Waals surface area contributed by atoms with E-state index in [4.69, 9.17) is 5.11 Å². The molecule has 0 spiro atoms. The van der Waals surface area contributed by atoms with Crippen LogP contribution in [-0.4, -0.2) is 42.8 Å². The van der Waals surface area contributed by atoms with Crippen LogP contribution in [-0.2, 0) is 10.0 Å². The third-order valence-electron chi connectivity index (χ3n) is 2.48. The Morgan fingerprint density at radius 3 is 2.71 bits per heavy atom. The van der Waals surface area contributed by atoms with E-state index in [0.29, 0.717) is 25.3 Å². The maximum Gasteiger partial charge on any atom is 0.214 e. The van der Waals surface area contributed by atoms with Crippen molar-refractivity contribution >= 4 is 10.0 Å². The van der Waals surface area contributed by atoms with Crippen molar-refractivity contribution in [3.8, 4) is 0 Å². The molecule has 4 nitrogen and oxygen atoms in total. The number of aliphatic hydroxyl groups excluding tert-OH is 1. The lowest BCUT2D eigenvalue weighted by molar-refractivity contribution is 0.177. The van der Waals surface area contributed by atoms with Gasteiger partial charge in [-0.1, -0.05) is 0 Å². The summed E-state index contributed by atoms with van der Waals surface area (Å²) in [4.78, 5) is 0. The highest BCUT2D eigenvalue weighted by Crippen LogP contribution is 2.14. The molecule has 1 fully saturated rings. The van der Waals surface area contributed by atoms with Gasteiger partial charge in [0.15, 0.2) is 0 Å². The van der Waals surface area contributed by atoms with E-state index in [1.54, 1.807) is 11.2 Å². The third-order valence-corrected chi connectivity index (χ3v) is 4.44. The van der Waals surface area contributed by atoms with Crippen molar-refractivity contribution in [2.45, 2.75) is 38.7 Å². The second kappa shape index (κ2) is 5.09. The van der Waals surface area contributed by atoms with E-state index in [9.17, 15) is 8.42 Å². The van der Waals surface area contributed by atoms with Crippen LogP contribution in [0.4, 0.5) is 0 Å². The summed E-state index contributed by atoms with van der Waals surface area (Å²) in [6, 6.07) is 0. The predicted molar refractivity (Wildman–Crippen MR) is 55.5 cm³/mol. The smallest absolute Gasteiger partial charge is 0.214 e. The third kappa shape index (κ3) is 3.55. The topological polar surface area (TPSA) is 57.6 Å². The van der Waals surface area contributed by atoms with Crippen LogP contribution in [0.3, 0.4) is 0 Å². The minimum absolute atomic E-state index is 0.293. The molecule has 0 saturated carbocycles. The summed E-state index contributed by atoms with van der Waals surface area (Å²) < 4.78 is 24.6. The monoisotopic (exact) mass is 221 g/mol. The van der Waals surface area contributed by atoms with Crippen LogP contribution in [0.15, 0.2) is 0 Å². The van der Waals surface area contributed by atoms with Gasteiger partial charge in [0.2, 0.25) is 10.0 Å². The van der Waals surface area contributed by atoms with Crippen molar-refractivity contribution in [3.63, 3.8) is 0 Å². The van der Waals surface area contributed by atoms with Crippen LogP contribution in [0, 0.1) is 0 Å². The lowest BCUT2D eigenvalue weighted by atomic mass is 10.2. The van der Waals surface area contributed by atoms with E-state index in [0.717, 1.165) is 19.3 Å². The Bertz CT molecular complexity index is 261. The molecule has 0 radical (unpaired) electrons. The molecular formula is C9H19NO3S. The summed E-state index contributed by atoms with van der Waals surface area (Å²) in [6.07, 6.45) is 2.84. The number of aliphatic hydroxyl groups is 1. The average molecular weight is 221 g/mol. The minimum atomic E-state index is -2.97. The van der Waals surface area contributed by atoms with Crippen LogP contribution in [0.25, 0.3) is 0 Å². The van der Waals surface area contributed by atoms with Gasteiger partial charge in [-0.05, 0) is 32.6 Å². The Kier molecular flexibility index (Phi) is 4.34. The summed E-state index contributed by atoms with van der Waals surface area (Å²) in [5.41, 5.74) is 0. The highest BCUT2D eigenvalue weighted by Gasteiger charge is 2.24. The SMILES string of the molecule is CC(O)CCCN1CCCCS1(=O)=O. The van der Waals surface area contributed by atoms with Gasteiger partial charge in [-0.3, -0.25) is 0 Å². The standard InChI is InChI=1S/C9H19NO3S/c1-9(11)5-4-7-10-6-2-3-8-14(10,12)13/h9,11H,2-8H2,1H3. The first-order chi connectivity index (χ1) is 6.52. The molecule has 1 rings (SSSR count). The lowest BCUT2D eigenvalue weighted by Gasteiger charge is -2.26. The largest absolute Gasteiger partial charge is 0.393 e. The van der Waals surface area contributed by atoms with Crippen molar-refractivity contribution in [2.75, 3.05) is 18.8 Å². The second-order valence-corrected chi connectivity index (χ2v) is 6.00. The fourth-order valence-corrected chi connectivity index (χ4v) is 3.30. The van der Waals surface area contributed by atoms with Crippen molar-refractivity contribution in [1.82, 2.24) is 4.31 Å². The first kappa shape index (κ1) is 11.9. The molecule has 1 atom stereocenters. The average Bonchev–Trinajstić information content (AvgIpc) is 2.07. The maximum atomic E-state index is 11.5. The van der Waals surface area contributed by atoms with E-state index < -0.39 is 10.0 Å². The molecule has 0 aromatic carbocycles. The van der Waals surface area contributed by atoms with Gasteiger partial charge in [0, 0.05) is 13.1 Å². The predicted octanol–water partition coefficient (Wildman–Crippen LogP) is 0.573. The van der Waals surface area contributed by atoms with E-state index in [2.05, 4.69) is 0 Å². The second-order valence-electron chi connectivity index (χ2n) is 3.91. The minimum Gasteiger partial charge on any atom is -0.393 e. The van der Waals surface area contributed by atoms with Gasteiger partial charge in [-0.2, -0.15) is 0 Å². The molecule has 0 bridgehead atoms. The molecule has 0 aromatic heterocycles. The maximum absolute atomic E-state index is 11.5. The first-order valence-corrected chi connectivity index (χ1v) is 6.79. The number of rotatable bonds is 4. The number of nitrogens with zero attached hydrogens (tertiary/aromatic N) is 1. The van der Waals surface area contributed by atoms with Gasteiger partial charge in [-0.15, -0.1) is 0 Å². The molecule has 84 valence electrons. The zero-order valence-electron chi connectivity index (χ0n) is 8.65. The molecule has 1 unspecified atom stereocenters. The van der Waals surface area contributed by atoms with E-state index in [1.165, 1.54) is 0 Å². The first-order valence-electron chi connectivity index (χ1n) is 5.18. The zero-order valence-corrected chi connectivity index (χ0v) is 9.46. The Labute approximate surface area is 86.0 Å². The van der Waals surface area contributed by atoms with Gasteiger partial charge in [0.1, 0.15) is 0 Å². The van der Waals surface area contributed by atoms with Gasteiger partial charge in [0.05, 0.1) is 11.9 Å². The van der Waals surface area contributed by atoms with Crippen molar-refractivity contribution < 1.29 is 13.5 Å². The van der Waals surface area contributed by atoms with Crippen LogP contribution in [0.1, 0.15) is 32.6 Å². The summed E-state index contributed by atoms with van der Waals surface area (Å²) >= 11 is 0. The molecule has 5 heteroatoms. The molecule has 0 aromatic rings. The number of sulfonamides is 1. The van der Waals surface area contributed by atoms with Gasteiger partial charge >= 0.3 is 0 Å². The fourth-order valence-electron chi connectivity index (χ4n) is 1.65. The molecule has 0 aliphatic carbocycles. The molecule has 1 saturated heterocycles. The molecule has 1 aliphatic rings. The van der Waals surface area contributed by atoms with Gasteiger partial charge in [0.25, 0.3) is 0 Å². The molecule has 1 heterocycles. The Morgan fingerprint density at radius 1 is 1.43 bits per heavy atom. The lowest BCUT2D eigenvalue weighted by Crippen LogP contribution is -2.38. The zero-order chi connectivity index (χ0) is 10.6. The fraction of sp³-hybridized carbons (Fsp3) is 1.00. The number of hydrogen-bond donors (Lipinski definition) is 1. The molecule has 1 aliphatic heterocycles. The molecule has 0 amide bonds. The van der Waals surface area contributed by atoms with E-state index in [1.807, 2.05) is 0 Å². The van der Waals surface area contributed by atoms with E-state index in [-0.39, 0.29) is 6.10 Å². The normalized spacial score (nSPS) is 24.7. The highest BCUT2D eigenvalue weighted by molar-refractivity contribution is 7.89. The summed E-state index contributed by atoms with van der Waals surface area (Å²) in [5.74, 6) is 0.293. The summed E-state index contributed by atoms with van der Waals surface area (Å²) in [7, 11) is -2.97. The van der Waals surface area contributed by atoms with Crippen LogP contribution >= 0.6 is 0 Å². The Hall–Kier alpha value is -0.130. The molecule has 1 N–H and O–H groups in total. The van der Waals surface area contributed by atoms with Crippen LogP contribution in [0.5, 0.6) is 0 Å². The quantitative estimate of drug-likeness (QED) is 0.755.